The van der Waals surface area contributed by atoms with Crippen molar-refractivity contribution in [2.75, 3.05) is 13.7 Å². The molecule has 0 aliphatic carbocycles. The third-order valence-electron chi connectivity index (χ3n) is 3.61. The van der Waals surface area contributed by atoms with Crippen LogP contribution < -0.4 is 5.14 Å². The molecule has 0 aromatic heterocycles. The van der Waals surface area contributed by atoms with Gasteiger partial charge in [-0.05, 0) is 31.5 Å². The van der Waals surface area contributed by atoms with Crippen LogP contribution in [0.15, 0.2) is 34.1 Å². The Bertz CT molecular complexity index is 730. The van der Waals surface area contributed by atoms with Gasteiger partial charge in [0.15, 0.2) is 0 Å². The third kappa shape index (κ3) is 3.27. The fourth-order valence-corrected chi connectivity index (χ4v) is 4.48. The SMILES string of the molecule is CC1OCCC1N(C)S(=O)(=O)c1cccc(S(N)(=O)=O)c1. The van der Waals surface area contributed by atoms with Gasteiger partial charge >= 0.3 is 0 Å². The molecule has 1 saturated heterocycles. The number of benzene rings is 1. The molecule has 7 nitrogen and oxygen atoms in total. The van der Waals surface area contributed by atoms with Gasteiger partial charge in [-0.15, -0.1) is 0 Å². The standard InChI is InChI=1S/C12H18N2O5S2/c1-9-12(6-7-19-9)14(2)21(17,18)11-5-3-4-10(8-11)20(13,15)16/h3-5,8-9,12H,6-7H2,1-2H3,(H2,13,15,16). The zero-order chi connectivity index (χ0) is 15.8. The molecule has 0 bridgehead atoms. The van der Waals surface area contributed by atoms with Crippen molar-refractivity contribution in [1.82, 2.24) is 4.31 Å². The molecule has 1 heterocycles. The maximum atomic E-state index is 12.6. The quantitative estimate of drug-likeness (QED) is 0.842. The van der Waals surface area contributed by atoms with Crippen molar-refractivity contribution in [3.63, 3.8) is 0 Å². The van der Waals surface area contributed by atoms with Crippen molar-refractivity contribution in [3.8, 4) is 0 Å². The minimum Gasteiger partial charge on any atom is -0.377 e. The number of nitrogens with two attached hydrogens (primary N) is 1. The summed E-state index contributed by atoms with van der Waals surface area (Å²) in [6, 6.07) is 4.76. The molecular formula is C12H18N2O5S2. The Labute approximate surface area is 124 Å². The van der Waals surface area contributed by atoms with Crippen molar-refractivity contribution >= 4 is 20.0 Å². The van der Waals surface area contributed by atoms with E-state index in [1.54, 1.807) is 0 Å². The molecule has 1 fully saturated rings. The number of likely N-dealkylation sites (N-methyl/N-ethyl adjacent to an activating group) is 1. The van der Waals surface area contributed by atoms with Gasteiger partial charge in [-0.3, -0.25) is 0 Å². The Balaban J connectivity index is 2.40. The second kappa shape index (κ2) is 5.65. The van der Waals surface area contributed by atoms with Crippen molar-refractivity contribution in [3.05, 3.63) is 24.3 Å². The number of nitrogens with zero attached hydrogens (tertiary/aromatic N) is 1. The Morgan fingerprint density at radius 3 is 2.38 bits per heavy atom. The molecule has 0 spiro atoms. The molecular weight excluding hydrogens is 316 g/mol. The molecule has 1 aromatic rings. The molecule has 2 unspecified atom stereocenters. The van der Waals surface area contributed by atoms with E-state index in [0.29, 0.717) is 13.0 Å². The fraction of sp³-hybridized carbons (Fsp3) is 0.500. The van der Waals surface area contributed by atoms with E-state index in [1.165, 1.54) is 29.6 Å². The maximum absolute atomic E-state index is 12.6. The van der Waals surface area contributed by atoms with Gasteiger partial charge in [-0.2, -0.15) is 4.31 Å². The zero-order valence-electron chi connectivity index (χ0n) is 11.8. The number of rotatable bonds is 4. The molecule has 0 radical (unpaired) electrons. The molecule has 0 saturated carbocycles. The van der Waals surface area contributed by atoms with Gasteiger partial charge in [0.2, 0.25) is 20.0 Å². The zero-order valence-corrected chi connectivity index (χ0v) is 13.4. The molecule has 1 aromatic carbocycles. The van der Waals surface area contributed by atoms with Crippen LogP contribution in [0.25, 0.3) is 0 Å². The topological polar surface area (TPSA) is 107 Å². The third-order valence-corrected chi connectivity index (χ3v) is 6.40. The van der Waals surface area contributed by atoms with Crippen molar-refractivity contribution in [2.24, 2.45) is 5.14 Å². The first-order valence-corrected chi connectivity index (χ1v) is 9.35. The fourth-order valence-electron chi connectivity index (χ4n) is 2.35. The minimum atomic E-state index is -3.95. The predicted octanol–water partition coefficient (Wildman–Crippen LogP) is 0.132. The first-order valence-electron chi connectivity index (χ1n) is 6.36. The lowest BCUT2D eigenvalue weighted by atomic mass is 10.2. The lowest BCUT2D eigenvalue weighted by molar-refractivity contribution is 0.102. The number of primary sulfonamides is 1. The molecule has 2 N–H and O–H groups in total. The van der Waals surface area contributed by atoms with Crippen molar-refractivity contribution in [1.29, 1.82) is 0 Å². The molecule has 0 amide bonds. The summed E-state index contributed by atoms with van der Waals surface area (Å²) in [4.78, 5) is -0.330. The number of sulfonamides is 2. The lowest BCUT2D eigenvalue weighted by Gasteiger charge is -2.26. The largest absolute Gasteiger partial charge is 0.377 e. The summed E-state index contributed by atoms with van der Waals surface area (Å²) >= 11 is 0. The summed E-state index contributed by atoms with van der Waals surface area (Å²) in [5.74, 6) is 0. The highest BCUT2D eigenvalue weighted by atomic mass is 32.2. The number of ether oxygens (including phenoxy) is 1. The first-order chi connectivity index (χ1) is 9.64. The molecule has 9 heteroatoms. The van der Waals surface area contributed by atoms with E-state index in [0.717, 1.165) is 6.07 Å². The van der Waals surface area contributed by atoms with E-state index in [-0.39, 0.29) is 21.9 Å². The van der Waals surface area contributed by atoms with E-state index in [4.69, 9.17) is 9.88 Å². The average Bonchev–Trinajstić information content (AvgIpc) is 2.83. The van der Waals surface area contributed by atoms with E-state index in [1.807, 2.05) is 6.92 Å². The average molecular weight is 334 g/mol. The Kier molecular flexibility index (Phi) is 4.41. The first kappa shape index (κ1) is 16.4. The van der Waals surface area contributed by atoms with E-state index in [2.05, 4.69) is 0 Å². The molecule has 21 heavy (non-hydrogen) atoms. The second-order valence-electron chi connectivity index (χ2n) is 4.97. The highest BCUT2D eigenvalue weighted by Crippen LogP contribution is 2.25. The van der Waals surface area contributed by atoms with Gasteiger partial charge < -0.3 is 4.74 Å². The van der Waals surface area contributed by atoms with Crippen LogP contribution >= 0.6 is 0 Å². The summed E-state index contributed by atoms with van der Waals surface area (Å²) in [6.07, 6.45) is 0.400. The van der Waals surface area contributed by atoms with Crippen molar-refractivity contribution in [2.45, 2.75) is 35.3 Å². The summed E-state index contributed by atoms with van der Waals surface area (Å²) in [5.41, 5.74) is 0. The molecule has 2 rings (SSSR count). The Morgan fingerprint density at radius 1 is 1.24 bits per heavy atom. The van der Waals surface area contributed by atoms with Crippen LogP contribution in [0.5, 0.6) is 0 Å². The van der Waals surface area contributed by atoms with E-state index < -0.39 is 20.0 Å². The highest BCUT2D eigenvalue weighted by molar-refractivity contribution is 7.90. The van der Waals surface area contributed by atoms with Crippen LogP contribution in [-0.2, 0) is 24.8 Å². The highest BCUT2D eigenvalue weighted by Gasteiger charge is 2.35. The molecule has 1 aliphatic rings. The van der Waals surface area contributed by atoms with Crippen molar-refractivity contribution < 1.29 is 21.6 Å². The summed E-state index contributed by atoms with van der Waals surface area (Å²) in [6.45, 7) is 2.31. The van der Waals surface area contributed by atoms with Crippen LogP contribution in [0.4, 0.5) is 0 Å². The van der Waals surface area contributed by atoms with Gasteiger partial charge in [0.05, 0.1) is 21.9 Å². The normalized spacial score (nSPS) is 23.6. The summed E-state index contributed by atoms with van der Waals surface area (Å²) in [7, 11) is -6.29. The predicted molar refractivity (Wildman–Crippen MR) is 76.6 cm³/mol. The van der Waals surface area contributed by atoms with Gasteiger partial charge in [0.1, 0.15) is 0 Å². The van der Waals surface area contributed by atoms with E-state index >= 15 is 0 Å². The monoisotopic (exact) mass is 334 g/mol. The van der Waals surface area contributed by atoms with Gasteiger partial charge in [0, 0.05) is 13.7 Å². The summed E-state index contributed by atoms with van der Waals surface area (Å²) < 4.78 is 54.4. The minimum absolute atomic E-state index is 0.101. The van der Waals surface area contributed by atoms with Crippen LogP contribution in [0, 0.1) is 0 Å². The van der Waals surface area contributed by atoms with Crippen LogP contribution in [0.3, 0.4) is 0 Å². The van der Waals surface area contributed by atoms with Crippen LogP contribution in [0.2, 0.25) is 0 Å². The van der Waals surface area contributed by atoms with Gasteiger partial charge in [0.25, 0.3) is 0 Å². The molecule has 2 atom stereocenters. The molecule has 1 aliphatic heterocycles. The van der Waals surface area contributed by atoms with Crippen LogP contribution in [0.1, 0.15) is 13.3 Å². The van der Waals surface area contributed by atoms with Gasteiger partial charge in [-0.25, -0.2) is 22.0 Å². The van der Waals surface area contributed by atoms with Crippen LogP contribution in [-0.4, -0.2) is 46.9 Å². The Hall–Kier alpha value is -1.00. The molecule has 118 valence electrons. The summed E-state index contributed by atoms with van der Waals surface area (Å²) in [5, 5.41) is 5.03. The smallest absolute Gasteiger partial charge is 0.243 e. The van der Waals surface area contributed by atoms with Gasteiger partial charge in [-0.1, -0.05) is 6.07 Å². The maximum Gasteiger partial charge on any atom is 0.243 e. The number of hydrogen-bond acceptors (Lipinski definition) is 5. The second-order valence-corrected chi connectivity index (χ2v) is 8.53. The Morgan fingerprint density at radius 2 is 1.86 bits per heavy atom. The van der Waals surface area contributed by atoms with E-state index in [9.17, 15) is 16.8 Å². The number of hydrogen-bond donors (Lipinski definition) is 1. The lowest BCUT2D eigenvalue weighted by Crippen LogP contribution is -2.40.